The average Bonchev–Trinajstić information content (AvgIpc) is 2.75. The molecule has 0 spiro atoms. The van der Waals surface area contributed by atoms with Crippen molar-refractivity contribution in [3.63, 3.8) is 0 Å². The van der Waals surface area contributed by atoms with Gasteiger partial charge in [-0.2, -0.15) is 8.42 Å². The van der Waals surface area contributed by atoms with Crippen molar-refractivity contribution in [2.75, 3.05) is 6.61 Å². The molecule has 2 rings (SSSR count). The summed E-state index contributed by atoms with van der Waals surface area (Å²) in [6.07, 6.45) is 0.0288. The molecule has 22 heavy (non-hydrogen) atoms. The highest BCUT2D eigenvalue weighted by molar-refractivity contribution is 7.87. The first-order valence-corrected chi connectivity index (χ1v) is 7.68. The number of aromatic nitrogens is 1. The molecule has 0 aliphatic rings. The number of aromatic hydroxyl groups is 2. The Morgan fingerprint density at radius 1 is 1.09 bits per heavy atom. The minimum atomic E-state index is -4.29. The highest BCUT2D eigenvalue weighted by atomic mass is 32.2. The summed E-state index contributed by atoms with van der Waals surface area (Å²) in [7, 11) is -4.29. The van der Waals surface area contributed by atoms with E-state index in [2.05, 4.69) is 0 Å². The van der Waals surface area contributed by atoms with Crippen molar-refractivity contribution in [3.8, 4) is 11.8 Å². The highest BCUT2D eigenvalue weighted by Crippen LogP contribution is 2.27. The van der Waals surface area contributed by atoms with Gasteiger partial charge in [0.25, 0.3) is 0 Å². The van der Waals surface area contributed by atoms with Crippen molar-refractivity contribution >= 4 is 10.1 Å². The highest BCUT2D eigenvalue weighted by Gasteiger charge is 2.23. The molecule has 0 saturated heterocycles. The van der Waals surface area contributed by atoms with Gasteiger partial charge in [-0.3, -0.25) is 4.28 Å². The summed E-state index contributed by atoms with van der Waals surface area (Å²) in [5.74, 6) is -1.22. The molecule has 1 aromatic carbocycles. The van der Waals surface area contributed by atoms with Crippen molar-refractivity contribution in [3.05, 3.63) is 41.5 Å². The lowest BCUT2D eigenvalue weighted by Gasteiger charge is -2.09. The molecule has 9 heteroatoms. The van der Waals surface area contributed by atoms with E-state index in [9.17, 15) is 18.6 Å². The van der Waals surface area contributed by atoms with Gasteiger partial charge in [0, 0.05) is 24.7 Å². The minimum Gasteiger partial charge on any atom is -0.492 e. The molecular weight excluding hydrogens is 314 g/mol. The quantitative estimate of drug-likeness (QED) is 0.575. The molecule has 1 heterocycles. The second-order valence-corrected chi connectivity index (χ2v) is 5.98. The Balaban J connectivity index is 2.32. The number of aliphatic hydroxyl groups is 2. The van der Waals surface area contributed by atoms with Crippen LogP contribution in [0.3, 0.4) is 0 Å². The zero-order chi connectivity index (χ0) is 16.3. The van der Waals surface area contributed by atoms with Crippen molar-refractivity contribution < 1.29 is 33.1 Å². The lowest BCUT2D eigenvalue weighted by atomic mass is 10.2. The van der Waals surface area contributed by atoms with E-state index in [0.29, 0.717) is 10.3 Å². The summed E-state index contributed by atoms with van der Waals surface area (Å²) in [6, 6.07) is 6.36. The third kappa shape index (κ3) is 3.16. The summed E-state index contributed by atoms with van der Waals surface area (Å²) < 4.78 is 29.2. The van der Waals surface area contributed by atoms with E-state index in [1.54, 1.807) is 0 Å². The van der Waals surface area contributed by atoms with Gasteiger partial charge in [-0.15, -0.1) is 0 Å². The Kier molecular flexibility index (Phi) is 4.59. The predicted molar refractivity (Wildman–Crippen MR) is 74.7 cm³/mol. The Bertz CT molecular complexity index is 749. The van der Waals surface area contributed by atoms with E-state index >= 15 is 0 Å². The maximum Gasteiger partial charge on any atom is 0.357 e. The molecule has 0 bridgehead atoms. The molecular formula is C13H15NO7S. The van der Waals surface area contributed by atoms with Gasteiger partial charge in [-0.25, -0.2) is 0 Å². The van der Waals surface area contributed by atoms with Gasteiger partial charge < -0.3 is 20.4 Å². The second-order valence-electron chi connectivity index (χ2n) is 4.45. The molecule has 0 aliphatic carbocycles. The van der Waals surface area contributed by atoms with E-state index < -0.39 is 21.9 Å². The maximum absolute atomic E-state index is 12.1. The molecule has 2 aromatic rings. The second kappa shape index (κ2) is 6.26. The molecule has 0 saturated carbocycles. The average molecular weight is 329 g/mol. The third-order valence-electron chi connectivity index (χ3n) is 2.94. The van der Waals surface area contributed by atoms with Gasteiger partial charge in [-0.1, -0.05) is 16.9 Å². The van der Waals surface area contributed by atoms with E-state index in [-0.39, 0.29) is 30.1 Å². The third-order valence-corrected chi connectivity index (χ3v) is 4.13. The van der Waals surface area contributed by atoms with E-state index in [1.807, 2.05) is 0 Å². The first-order valence-electron chi connectivity index (χ1n) is 6.27. The Hall–Kier alpha value is -2.23. The number of hydrogen-bond acceptors (Lipinski definition) is 7. The summed E-state index contributed by atoms with van der Waals surface area (Å²) in [6.45, 7) is -0.517. The van der Waals surface area contributed by atoms with Crippen LogP contribution in [0.4, 0.5) is 0 Å². The Morgan fingerprint density at radius 3 is 2.27 bits per heavy atom. The lowest BCUT2D eigenvalue weighted by Crippen LogP contribution is -2.19. The molecule has 0 amide bonds. The standard InChI is InChI=1S/C13H15NO7S/c15-6-5-10-7-12(17)14(13(10)18)21-22(19,20)11-3-1-9(8-16)2-4-11/h1-4,7,15-18H,5-6,8H2. The largest absolute Gasteiger partial charge is 0.492 e. The van der Waals surface area contributed by atoms with Crippen LogP contribution in [0.2, 0.25) is 0 Å². The van der Waals surface area contributed by atoms with Crippen molar-refractivity contribution in [2.24, 2.45) is 0 Å². The van der Waals surface area contributed by atoms with Gasteiger partial charge in [0.1, 0.15) is 4.90 Å². The van der Waals surface area contributed by atoms with Crippen LogP contribution in [0, 0.1) is 0 Å². The molecule has 0 radical (unpaired) electrons. The topological polar surface area (TPSA) is 129 Å². The fourth-order valence-corrected chi connectivity index (χ4v) is 2.70. The molecule has 0 atom stereocenters. The van der Waals surface area contributed by atoms with E-state index in [1.165, 1.54) is 24.3 Å². The van der Waals surface area contributed by atoms with Gasteiger partial charge in [-0.05, 0) is 17.7 Å². The lowest BCUT2D eigenvalue weighted by molar-refractivity contribution is 0.201. The minimum absolute atomic E-state index is 0.0288. The number of rotatable bonds is 6. The SMILES string of the molecule is O=S(=O)(On1c(O)cc(CCO)c1O)c1ccc(CO)cc1. The number of hydrogen-bond donors (Lipinski definition) is 4. The molecule has 8 nitrogen and oxygen atoms in total. The van der Waals surface area contributed by atoms with Crippen LogP contribution in [0.5, 0.6) is 11.8 Å². The van der Waals surface area contributed by atoms with Crippen molar-refractivity contribution in [2.45, 2.75) is 17.9 Å². The molecule has 0 aliphatic heterocycles. The summed E-state index contributed by atoms with van der Waals surface area (Å²) >= 11 is 0. The van der Waals surface area contributed by atoms with Crippen molar-refractivity contribution in [1.29, 1.82) is 0 Å². The number of aliphatic hydroxyl groups excluding tert-OH is 2. The summed E-state index contributed by atoms with van der Waals surface area (Å²) in [5.41, 5.74) is 0.668. The van der Waals surface area contributed by atoms with Crippen molar-refractivity contribution in [1.82, 2.24) is 4.73 Å². The molecule has 1 aromatic heterocycles. The Morgan fingerprint density at radius 2 is 1.73 bits per heavy atom. The molecule has 0 fully saturated rings. The fourth-order valence-electron chi connectivity index (χ4n) is 1.80. The van der Waals surface area contributed by atoms with Crippen LogP contribution < -0.4 is 4.28 Å². The molecule has 4 N–H and O–H groups in total. The van der Waals surface area contributed by atoms with Crippen LogP contribution in [-0.4, -0.2) is 40.2 Å². The van der Waals surface area contributed by atoms with Crippen LogP contribution in [-0.2, 0) is 23.1 Å². The normalized spacial score (nSPS) is 11.5. The Labute approximate surface area is 126 Å². The number of nitrogens with zero attached hydrogens (tertiary/aromatic N) is 1. The van der Waals surface area contributed by atoms with Gasteiger partial charge in [0.2, 0.25) is 11.8 Å². The van der Waals surface area contributed by atoms with Gasteiger partial charge in [0.05, 0.1) is 6.61 Å². The van der Waals surface area contributed by atoms with Gasteiger partial charge in [0.15, 0.2) is 0 Å². The van der Waals surface area contributed by atoms with E-state index in [0.717, 1.165) is 6.07 Å². The first kappa shape index (κ1) is 16.1. The smallest absolute Gasteiger partial charge is 0.357 e. The van der Waals surface area contributed by atoms with Crippen LogP contribution in [0.15, 0.2) is 35.2 Å². The first-order chi connectivity index (χ1) is 10.4. The van der Waals surface area contributed by atoms with Crippen LogP contribution >= 0.6 is 0 Å². The maximum atomic E-state index is 12.1. The van der Waals surface area contributed by atoms with Crippen LogP contribution in [0.25, 0.3) is 0 Å². The fraction of sp³-hybridized carbons (Fsp3) is 0.231. The van der Waals surface area contributed by atoms with E-state index in [4.69, 9.17) is 14.5 Å². The predicted octanol–water partition coefficient (Wildman–Crippen LogP) is -0.256. The summed E-state index contributed by atoms with van der Waals surface area (Å²) in [4.78, 5) is -0.207. The zero-order valence-corrected chi connectivity index (χ0v) is 12.2. The monoisotopic (exact) mass is 329 g/mol. The summed E-state index contributed by atoms with van der Waals surface area (Å²) in [5, 5.41) is 37.2. The zero-order valence-electron chi connectivity index (χ0n) is 11.4. The molecule has 0 unspecified atom stereocenters. The molecule has 120 valence electrons. The van der Waals surface area contributed by atoms with Gasteiger partial charge >= 0.3 is 10.1 Å². The van der Waals surface area contributed by atoms with Crippen LogP contribution in [0.1, 0.15) is 11.1 Å². The number of benzene rings is 1.